The SMILES string of the molecule is Cc1nn(C)c(CN[C@@H](C)C2CCCC2)c1Br. The van der Waals surface area contributed by atoms with Crippen molar-refractivity contribution in [3.63, 3.8) is 0 Å². The minimum atomic E-state index is 0.611. The largest absolute Gasteiger partial charge is 0.308 e. The number of rotatable bonds is 4. The Morgan fingerprint density at radius 3 is 2.65 bits per heavy atom. The van der Waals surface area contributed by atoms with Gasteiger partial charge in [0, 0.05) is 19.6 Å². The minimum absolute atomic E-state index is 0.611. The first-order valence-electron chi connectivity index (χ1n) is 6.51. The van der Waals surface area contributed by atoms with E-state index >= 15 is 0 Å². The van der Waals surface area contributed by atoms with Gasteiger partial charge in [-0.15, -0.1) is 0 Å². The van der Waals surface area contributed by atoms with Crippen molar-refractivity contribution in [1.82, 2.24) is 15.1 Å². The molecule has 17 heavy (non-hydrogen) atoms. The van der Waals surface area contributed by atoms with Crippen molar-refractivity contribution in [3.05, 3.63) is 15.9 Å². The Labute approximate surface area is 112 Å². The van der Waals surface area contributed by atoms with Gasteiger partial charge in [-0.25, -0.2) is 0 Å². The third kappa shape index (κ3) is 2.91. The average molecular weight is 300 g/mol. The third-order valence-corrected chi connectivity index (χ3v) is 4.99. The fraction of sp³-hybridized carbons (Fsp3) is 0.769. The van der Waals surface area contributed by atoms with Gasteiger partial charge < -0.3 is 5.32 Å². The van der Waals surface area contributed by atoms with Crippen molar-refractivity contribution in [2.75, 3.05) is 0 Å². The third-order valence-electron chi connectivity index (χ3n) is 3.96. The first-order valence-corrected chi connectivity index (χ1v) is 7.30. The number of halogens is 1. The number of aryl methyl sites for hydroxylation is 2. The van der Waals surface area contributed by atoms with Crippen LogP contribution in [0.4, 0.5) is 0 Å². The first kappa shape index (κ1) is 13.1. The lowest BCUT2D eigenvalue weighted by molar-refractivity contribution is 0.376. The van der Waals surface area contributed by atoms with Crippen molar-refractivity contribution < 1.29 is 0 Å². The van der Waals surface area contributed by atoms with Crippen molar-refractivity contribution in [2.24, 2.45) is 13.0 Å². The van der Waals surface area contributed by atoms with Crippen molar-refractivity contribution in [2.45, 2.75) is 52.1 Å². The number of hydrogen-bond acceptors (Lipinski definition) is 2. The average Bonchev–Trinajstić information content (AvgIpc) is 2.88. The van der Waals surface area contributed by atoms with Crippen LogP contribution < -0.4 is 5.32 Å². The minimum Gasteiger partial charge on any atom is -0.308 e. The van der Waals surface area contributed by atoms with E-state index in [9.17, 15) is 0 Å². The second kappa shape index (κ2) is 5.53. The van der Waals surface area contributed by atoms with Crippen molar-refractivity contribution in [3.8, 4) is 0 Å². The molecule has 1 aliphatic carbocycles. The number of aromatic nitrogens is 2. The molecule has 0 unspecified atom stereocenters. The van der Waals surface area contributed by atoms with Crippen molar-refractivity contribution >= 4 is 15.9 Å². The predicted octanol–water partition coefficient (Wildman–Crippen LogP) is 3.16. The summed E-state index contributed by atoms with van der Waals surface area (Å²) < 4.78 is 3.11. The molecule has 1 atom stereocenters. The molecule has 1 N–H and O–H groups in total. The normalized spacial score (nSPS) is 18.8. The van der Waals surface area contributed by atoms with Crippen LogP contribution in [-0.2, 0) is 13.6 Å². The van der Waals surface area contributed by atoms with Crippen LogP contribution in [0.2, 0.25) is 0 Å². The molecule has 1 saturated carbocycles. The van der Waals surface area contributed by atoms with Crippen LogP contribution in [0.15, 0.2) is 4.47 Å². The molecule has 0 spiro atoms. The molecule has 2 rings (SSSR count). The Morgan fingerprint density at radius 1 is 1.47 bits per heavy atom. The van der Waals surface area contributed by atoms with E-state index in [-0.39, 0.29) is 0 Å². The Kier molecular flexibility index (Phi) is 4.26. The van der Waals surface area contributed by atoms with Gasteiger partial charge in [-0.2, -0.15) is 5.10 Å². The summed E-state index contributed by atoms with van der Waals surface area (Å²) in [5, 5.41) is 8.06. The molecular weight excluding hydrogens is 278 g/mol. The Balaban J connectivity index is 1.92. The first-order chi connectivity index (χ1) is 8.09. The molecule has 0 radical (unpaired) electrons. The van der Waals surface area contributed by atoms with E-state index < -0.39 is 0 Å². The van der Waals surface area contributed by atoms with Gasteiger partial charge in [-0.05, 0) is 48.5 Å². The number of hydrogen-bond donors (Lipinski definition) is 1. The van der Waals surface area contributed by atoms with E-state index in [0.29, 0.717) is 6.04 Å². The van der Waals surface area contributed by atoms with Crippen LogP contribution in [0, 0.1) is 12.8 Å². The highest BCUT2D eigenvalue weighted by molar-refractivity contribution is 9.10. The summed E-state index contributed by atoms with van der Waals surface area (Å²) in [4.78, 5) is 0. The molecule has 0 bridgehead atoms. The maximum absolute atomic E-state index is 4.42. The second-order valence-corrected chi connectivity index (χ2v) is 5.98. The highest BCUT2D eigenvalue weighted by atomic mass is 79.9. The van der Waals surface area contributed by atoms with Crippen LogP contribution in [0.1, 0.15) is 44.0 Å². The quantitative estimate of drug-likeness (QED) is 0.925. The summed E-state index contributed by atoms with van der Waals surface area (Å²) >= 11 is 3.61. The van der Waals surface area contributed by atoms with E-state index in [0.717, 1.165) is 22.6 Å². The lowest BCUT2D eigenvalue weighted by Gasteiger charge is -2.20. The molecule has 0 amide bonds. The zero-order chi connectivity index (χ0) is 12.4. The Bertz CT molecular complexity index is 380. The molecule has 1 aromatic heterocycles. The molecule has 1 heterocycles. The lowest BCUT2D eigenvalue weighted by Crippen LogP contribution is -2.32. The summed E-state index contributed by atoms with van der Waals surface area (Å²) in [5.74, 6) is 0.864. The molecule has 0 saturated heterocycles. The van der Waals surface area contributed by atoms with Crippen molar-refractivity contribution in [1.29, 1.82) is 0 Å². The smallest absolute Gasteiger partial charge is 0.0739 e. The van der Waals surface area contributed by atoms with Gasteiger partial charge in [0.2, 0.25) is 0 Å². The number of nitrogens with one attached hydrogen (secondary N) is 1. The van der Waals surface area contributed by atoms with Gasteiger partial charge in [-0.3, -0.25) is 4.68 Å². The van der Waals surface area contributed by atoms with E-state index in [4.69, 9.17) is 0 Å². The van der Waals surface area contributed by atoms with Gasteiger partial charge in [0.1, 0.15) is 0 Å². The van der Waals surface area contributed by atoms with Gasteiger partial charge >= 0.3 is 0 Å². The molecule has 1 fully saturated rings. The Morgan fingerprint density at radius 2 is 2.12 bits per heavy atom. The van der Waals surface area contributed by atoms with Crippen LogP contribution in [0.3, 0.4) is 0 Å². The summed E-state index contributed by atoms with van der Waals surface area (Å²) in [6, 6.07) is 0.611. The van der Waals surface area contributed by atoms with E-state index in [1.54, 1.807) is 0 Å². The fourth-order valence-corrected chi connectivity index (χ4v) is 3.23. The maximum Gasteiger partial charge on any atom is 0.0739 e. The van der Waals surface area contributed by atoms with Gasteiger partial charge in [0.15, 0.2) is 0 Å². The van der Waals surface area contributed by atoms with Crippen LogP contribution >= 0.6 is 15.9 Å². The monoisotopic (exact) mass is 299 g/mol. The van der Waals surface area contributed by atoms with Crippen LogP contribution in [-0.4, -0.2) is 15.8 Å². The second-order valence-electron chi connectivity index (χ2n) is 5.18. The molecule has 3 nitrogen and oxygen atoms in total. The summed E-state index contributed by atoms with van der Waals surface area (Å²) in [7, 11) is 2.01. The number of nitrogens with zero attached hydrogens (tertiary/aromatic N) is 2. The molecule has 0 aliphatic heterocycles. The fourth-order valence-electron chi connectivity index (χ4n) is 2.75. The topological polar surface area (TPSA) is 29.9 Å². The molecule has 0 aromatic carbocycles. The van der Waals surface area contributed by atoms with Crippen LogP contribution in [0.5, 0.6) is 0 Å². The molecule has 4 heteroatoms. The van der Waals surface area contributed by atoms with Crippen LogP contribution in [0.25, 0.3) is 0 Å². The molecule has 1 aromatic rings. The maximum atomic E-state index is 4.42. The molecule has 1 aliphatic rings. The van der Waals surface area contributed by atoms with Gasteiger partial charge in [0.25, 0.3) is 0 Å². The standard InChI is InChI=1S/C13H22BrN3/c1-9(11-6-4-5-7-11)15-8-12-13(14)10(2)16-17(12)3/h9,11,15H,4-8H2,1-3H3/t9-/m0/s1. The summed E-state index contributed by atoms with van der Waals surface area (Å²) in [6.45, 7) is 5.25. The van der Waals surface area contributed by atoms with E-state index in [2.05, 4.69) is 33.3 Å². The highest BCUT2D eigenvalue weighted by Crippen LogP contribution is 2.28. The molecular formula is C13H22BrN3. The Hall–Kier alpha value is -0.350. The van der Waals surface area contributed by atoms with Gasteiger partial charge in [-0.1, -0.05) is 12.8 Å². The summed E-state index contributed by atoms with van der Waals surface area (Å²) in [5.41, 5.74) is 2.31. The highest BCUT2D eigenvalue weighted by Gasteiger charge is 2.21. The predicted molar refractivity (Wildman–Crippen MR) is 73.9 cm³/mol. The zero-order valence-corrected chi connectivity index (χ0v) is 12.5. The molecule has 96 valence electrons. The van der Waals surface area contributed by atoms with E-state index in [1.165, 1.54) is 31.4 Å². The van der Waals surface area contributed by atoms with Gasteiger partial charge in [0.05, 0.1) is 15.9 Å². The lowest BCUT2D eigenvalue weighted by atomic mass is 10.00. The summed E-state index contributed by atoms with van der Waals surface area (Å²) in [6.07, 6.45) is 5.59. The van der Waals surface area contributed by atoms with E-state index in [1.807, 2.05) is 18.7 Å². The zero-order valence-electron chi connectivity index (χ0n) is 11.0.